The molecule has 2 heterocycles. The SMILES string of the molecule is Cc1nnccc1C(=O)N[C@@H]1CC[C@@H](C(F)(F)F)N(C)C1. The van der Waals surface area contributed by atoms with Crippen molar-refractivity contribution in [3.63, 3.8) is 0 Å². The Morgan fingerprint density at radius 3 is 2.71 bits per heavy atom. The number of aromatic nitrogens is 2. The number of alkyl halides is 3. The second kappa shape index (κ2) is 5.97. The van der Waals surface area contributed by atoms with Gasteiger partial charge in [0.15, 0.2) is 0 Å². The molecule has 1 aromatic heterocycles. The summed E-state index contributed by atoms with van der Waals surface area (Å²) >= 11 is 0. The first-order chi connectivity index (χ1) is 9.79. The van der Waals surface area contributed by atoms with Gasteiger partial charge in [0.05, 0.1) is 17.5 Å². The van der Waals surface area contributed by atoms with Gasteiger partial charge in [0.1, 0.15) is 6.04 Å². The van der Waals surface area contributed by atoms with Gasteiger partial charge in [-0.25, -0.2) is 0 Å². The van der Waals surface area contributed by atoms with Crippen molar-refractivity contribution in [1.82, 2.24) is 20.4 Å². The Kier molecular flexibility index (Phi) is 4.46. The van der Waals surface area contributed by atoms with E-state index in [1.54, 1.807) is 13.0 Å². The Bertz CT molecular complexity index is 520. The molecule has 1 aliphatic heterocycles. The van der Waals surface area contributed by atoms with Gasteiger partial charge >= 0.3 is 6.18 Å². The van der Waals surface area contributed by atoms with Crippen molar-refractivity contribution < 1.29 is 18.0 Å². The van der Waals surface area contributed by atoms with Crippen LogP contribution in [0, 0.1) is 6.92 Å². The quantitative estimate of drug-likeness (QED) is 0.900. The number of piperidine rings is 1. The van der Waals surface area contributed by atoms with E-state index in [0.29, 0.717) is 17.7 Å². The maximum absolute atomic E-state index is 12.8. The molecular formula is C13H17F3N4O. The summed E-state index contributed by atoms with van der Waals surface area (Å²) in [5.74, 6) is -0.328. The first-order valence-corrected chi connectivity index (χ1v) is 6.65. The molecule has 1 N–H and O–H groups in total. The fraction of sp³-hybridized carbons (Fsp3) is 0.615. The van der Waals surface area contributed by atoms with Crippen molar-refractivity contribution in [3.05, 3.63) is 23.5 Å². The average Bonchev–Trinajstić information content (AvgIpc) is 2.37. The molecule has 1 fully saturated rings. The molecule has 0 saturated carbocycles. The van der Waals surface area contributed by atoms with Gasteiger partial charge in [0, 0.05) is 12.6 Å². The van der Waals surface area contributed by atoms with Crippen molar-refractivity contribution in [2.24, 2.45) is 0 Å². The summed E-state index contributed by atoms with van der Waals surface area (Å²) in [6.07, 6.45) is -2.53. The van der Waals surface area contributed by atoms with Crippen LogP contribution in [0.2, 0.25) is 0 Å². The molecule has 2 rings (SSSR count). The molecule has 0 unspecified atom stereocenters. The lowest BCUT2D eigenvalue weighted by atomic mass is 9.98. The van der Waals surface area contributed by atoms with E-state index >= 15 is 0 Å². The highest BCUT2D eigenvalue weighted by Crippen LogP contribution is 2.30. The number of nitrogens with zero attached hydrogens (tertiary/aromatic N) is 3. The highest BCUT2D eigenvalue weighted by atomic mass is 19.4. The molecule has 21 heavy (non-hydrogen) atoms. The van der Waals surface area contributed by atoms with E-state index in [-0.39, 0.29) is 24.9 Å². The maximum Gasteiger partial charge on any atom is 0.404 e. The number of rotatable bonds is 2. The summed E-state index contributed by atoms with van der Waals surface area (Å²) in [5.41, 5.74) is 0.887. The molecule has 8 heteroatoms. The number of likely N-dealkylation sites (tertiary alicyclic amines) is 1. The summed E-state index contributed by atoms with van der Waals surface area (Å²) in [4.78, 5) is 13.3. The van der Waals surface area contributed by atoms with Crippen molar-refractivity contribution in [1.29, 1.82) is 0 Å². The standard InChI is InChI=1S/C13H17F3N4O/c1-8-10(5-6-17-19-8)12(21)18-9-3-4-11(13(14,15)16)20(2)7-9/h5-6,9,11H,3-4,7H2,1-2H3,(H,18,21)/t9-,11+/m1/s1. The van der Waals surface area contributed by atoms with Crippen LogP contribution < -0.4 is 5.32 Å². The van der Waals surface area contributed by atoms with Gasteiger partial charge in [-0.15, -0.1) is 0 Å². The summed E-state index contributed by atoms with van der Waals surface area (Å²) in [6.45, 7) is 1.84. The number of amides is 1. The monoisotopic (exact) mass is 302 g/mol. The highest BCUT2D eigenvalue weighted by Gasteiger charge is 2.44. The predicted molar refractivity (Wildman–Crippen MR) is 69.7 cm³/mol. The van der Waals surface area contributed by atoms with E-state index in [2.05, 4.69) is 15.5 Å². The van der Waals surface area contributed by atoms with E-state index in [9.17, 15) is 18.0 Å². The lowest BCUT2D eigenvalue weighted by molar-refractivity contribution is -0.188. The molecule has 5 nitrogen and oxygen atoms in total. The van der Waals surface area contributed by atoms with Gasteiger partial charge in [-0.05, 0) is 32.9 Å². The molecule has 0 radical (unpaired) electrons. The number of likely N-dealkylation sites (N-methyl/N-ethyl adjacent to an activating group) is 1. The van der Waals surface area contributed by atoms with E-state index in [0.717, 1.165) is 0 Å². The van der Waals surface area contributed by atoms with Crippen LogP contribution in [-0.4, -0.2) is 52.9 Å². The zero-order valence-electron chi connectivity index (χ0n) is 11.8. The third-order valence-corrected chi connectivity index (χ3v) is 3.69. The number of carbonyl (C=O) groups excluding carboxylic acids is 1. The summed E-state index contributed by atoms with van der Waals surface area (Å²) in [5, 5.41) is 10.2. The van der Waals surface area contributed by atoms with Crippen LogP contribution >= 0.6 is 0 Å². The highest BCUT2D eigenvalue weighted by molar-refractivity contribution is 5.95. The fourth-order valence-electron chi connectivity index (χ4n) is 2.58. The minimum atomic E-state index is -4.23. The van der Waals surface area contributed by atoms with Gasteiger partial charge in [-0.1, -0.05) is 0 Å². The average molecular weight is 302 g/mol. The molecule has 0 spiro atoms. The Labute approximate surface area is 120 Å². The van der Waals surface area contributed by atoms with Crippen LogP contribution in [0.5, 0.6) is 0 Å². The molecule has 1 aliphatic rings. The summed E-state index contributed by atoms with van der Waals surface area (Å²) in [7, 11) is 1.43. The number of hydrogen-bond donors (Lipinski definition) is 1. The van der Waals surface area contributed by atoms with Crippen LogP contribution in [0.1, 0.15) is 28.9 Å². The van der Waals surface area contributed by atoms with Gasteiger partial charge in [0.2, 0.25) is 0 Å². The van der Waals surface area contributed by atoms with Crippen molar-refractivity contribution >= 4 is 5.91 Å². The Morgan fingerprint density at radius 2 is 2.14 bits per heavy atom. The zero-order chi connectivity index (χ0) is 15.6. The lowest BCUT2D eigenvalue weighted by Crippen LogP contribution is -2.54. The second-order valence-electron chi connectivity index (χ2n) is 5.28. The van der Waals surface area contributed by atoms with E-state index in [4.69, 9.17) is 0 Å². The first-order valence-electron chi connectivity index (χ1n) is 6.65. The molecular weight excluding hydrogens is 285 g/mol. The van der Waals surface area contributed by atoms with Crippen LogP contribution in [0.15, 0.2) is 12.3 Å². The van der Waals surface area contributed by atoms with Crippen LogP contribution in [0.25, 0.3) is 0 Å². The largest absolute Gasteiger partial charge is 0.404 e. The number of carbonyl (C=O) groups is 1. The van der Waals surface area contributed by atoms with Crippen molar-refractivity contribution in [3.8, 4) is 0 Å². The normalized spacial score (nSPS) is 23.9. The first kappa shape index (κ1) is 15.7. The molecule has 1 amide bonds. The van der Waals surface area contributed by atoms with E-state index in [1.165, 1.54) is 18.1 Å². The number of hydrogen-bond acceptors (Lipinski definition) is 4. The minimum Gasteiger partial charge on any atom is -0.348 e. The molecule has 0 aliphatic carbocycles. The maximum atomic E-state index is 12.8. The molecule has 0 bridgehead atoms. The Balaban J connectivity index is 1.97. The molecule has 0 aromatic carbocycles. The lowest BCUT2D eigenvalue weighted by Gasteiger charge is -2.38. The van der Waals surface area contributed by atoms with Crippen molar-refractivity contribution in [2.75, 3.05) is 13.6 Å². The van der Waals surface area contributed by atoms with Crippen LogP contribution in [0.4, 0.5) is 13.2 Å². The third-order valence-electron chi connectivity index (χ3n) is 3.69. The van der Waals surface area contributed by atoms with Gasteiger partial charge in [-0.2, -0.15) is 23.4 Å². The predicted octanol–water partition coefficient (Wildman–Crippen LogP) is 1.54. The van der Waals surface area contributed by atoms with Crippen LogP contribution in [-0.2, 0) is 0 Å². The van der Waals surface area contributed by atoms with Crippen LogP contribution in [0.3, 0.4) is 0 Å². The topological polar surface area (TPSA) is 58.1 Å². The molecule has 2 atom stereocenters. The van der Waals surface area contributed by atoms with E-state index in [1.807, 2.05) is 0 Å². The van der Waals surface area contributed by atoms with Crippen molar-refractivity contribution in [2.45, 2.75) is 38.0 Å². The summed E-state index contributed by atoms with van der Waals surface area (Å²) in [6, 6.07) is -0.188. The van der Waals surface area contributed by atoms with Gasteiger partial charge in [-0.3, -0.25) is 9.69 Å². The number of aryl methyl sites for hydroxylation is 1. The van der Waals surface area contributed by atoms with Gasteiger partial charge < -0.3 is 5.32 Å². The number of halogens is 3. The van der Waals surface area contributed by atoms with Gasteiger partial charge in [0.25, 0.3) is 5.91 Å². The minimum absolute atomic E-state index is 0.0154. The zero-order valence-corrected chi connectivity index (χ0v) is 11.8. The number of nitrogens with one attached hydrogen (secondary N) is 1. The molecule has 1 saturated heterocycles. The smallest absolute Gasteiger partial charge is 0.348 e. The fourth-order valence-corrected chi connectivity index (χ4v) is 2.58. The van der Waals surface area contributed by atoms with E-state index < -0.39 is 12.2 Å². The summed E-state index contributed by atoms with van der Waals surface area (Å²) < 4.78 is 38.3. The molecule has 116 valence electrons. The third kappa shape index (κ3) is 3.69. The molecule has 1 aromatic rings. The Morgan fingerprint density at radius 1 is 1.43 bits per heavy atom. The second-order valence-corrected chi connectivity index (χ2v) is 5.28. The Hall–Kier alpha value is -1.70.